The standard InChI is InChI=1S/C8H14N2O3/c1-3-10-7(11)5-6(9)8(12)13-4-2/h9H,3-5H2,1-2H3,(H,10,11). The van der Waals surface area contributed by atoms with Crippen molar-refractivity contribution in [3.63, 3.8) is 0 Å². The molecular formula is C8H14N2O3. The van der Waals surface area contributed by atoms with Gasteiger partial charge in [0.15, 0.2) is 0 Å². The van der Waals surface area contributed by atoms with E-state index in [1.54, 1.807) is 13.8 Å². The van der Waals surface area contributed by atoms with Gasteiger partial charge in [-0.15, -0.1) is 0 Å². The number of carbonyl (C=O) groups excluding carboxylic acids is 2. The molecule has 5 heteroatoms. The Bertz CT molecular complexity index is 213. The number of nitrogens with one attached hydrogen (secondary N) is 2. The summed E-state index contributed by atoms with van der Waals surface area (Å²) in [7, 11) is 0. The Hall–Kier alpha value is -1.39. The van der Waals surface area contributed by atoms with E-state index in [1.807, 2.05) is 0 Å². The summed E-state index contributed by atoms with van der Waals surface area (Å²) in [4.78, 5) is 21.8. The first-order valence-corrected chi connectivity index (χ1v) is 4.13. The second kappa shape index (κ2) is 6.16. The Morgan fingerprint density at radius 2 is 2.00 bits per heavy atom. The van der Waals surface area contributed by atoms with Gasteiger partial charge in [-0.05, 0) is 13.8 Å². The summed E-state index contributed by atoms with van der Waals surface area (Å²) < 4.78 is 4.54. The van der Waals surface area contributed by atoms with Crippen LogP contribution in [0, 0.1) is 5.41 Å². The van der Waals surface area contributed by atoms with Crippen LogP contribution in [-0.4, -0.2) is 30.7 Å². The minimum atomic E-state index is -0.728. The van der Waals surface area contributed by atoms with E-state index in [2.05, 4.69) is 10.1 Å². The number of carbonyl (C=O) groups is 2. The van der Waals surface area contributed by atoms with Crippen molar-refractivity contribution < 1.29 is 14.3 Å². The number of ether oxygens (including phenoxy) is 1. The fourth-order valence-electron chi connectivity index (χ4n) is 0.711. The highest BCUT2D eigenvalue weighted by atomic mass is 16.5. The van der Waals surface area contributed by atoms with Gasteiger partial charge in [-0.1, -0.05) is 0 Å². The van der Waals surface area contributed by atoms with Gasteiger partial charge in [0.1, 0.15) is 5.71 Å². The monoisotopic (exact) mass is 186 g/mol. The van der Waals surface area contributed by atoms with Crippen LogP contribution in [0.2, 0.25) is 0 Å². The van der Waals surface area contributed by atoms with Crippen LogP contribution in [0.15, 0.2) is 0 Å². The van der Waals surface area contributed by atoms with Crippen LogP contribution in [0.1, 0.15) is 20.3 Å². The van der Waals surface area contributed by atoms with Crippen molar-refractivity contribution in [2.45, 2.75) is 20.3 Å². The molecule has 13 heavy (non-hydrogen) atoms. The Labute approximate surface area is 77.0 Å². The Balaban J connectivity index is 3.86. The first kappa shape index (κ1) is 11.6. The number of hydrogen-bond donors (Lipinski definition) is 2. The molecule has 5 nitrogen and oxygen atoms in total. The third-order valence-corrected chi connectivity index (χ3v) is 1.23. The molecule has 0 aromatic carbocycles. The van der Waals surface area contributed by atoms with Gasteiger partial charge in [-0.25, -0.2) is 4.79 Å². The van der Waals surface area contributed by atoms with Crippen LogP contribution in [0.25, 0.3) is 0 Å². The summed E-state index contributed by atoms with van der Waals surface area (Å²) in [5.74, 6) is -1.06. The van der Waals surface area contributed by atoms with Gasteiger partial charge in [-0.2, -0.15) is 0 Å². The fourth-order valence-corrected chi connectivity index (χ4v) is 0.711. The molecule has 0 aliphatic carbocycles. The highest BCUT2D eigenvalue weighted by Gasteiger charge is 2.13. The van der Waals surface area contributed by atoms with Gasteiger partial charge in [0, 0.05) is 6.54 Å². The maximum absolute atomic E-state index is 10.9. The molecule has 0 unspecified atom stereocenters. The summed E-state index contributed by atoms with van der Waals surface area (Å²) in [6.07, 6.45) is -0.216. The molecule has 0 aliphatic rings. The molecule has 0 atom stereocenters. The van der Waals surface area contributed by atoms with Gasteiger partial charge < -0.3 is 10.1 Å². The quantitative estimate of drug-likeness (QED) is 0.472. The SMILES string of the molecule is CCNC(=O)CC(=N)C(=O)OCC. The normalized spacial score (nSPS) is 9.08. The zero-order valence-corrected chi connectivity index (χ0v) is 7.85. The lowest BCUT2D eigenvalue weighted by Crippen LogP contribution is -2.28. The summed E-state index contributed by atoms with van der Waals surface area (Å²) in [6.45, 7) is 4.13. The Kier molecular flexibility index (Phi) is 5.50. The molecule has 0 saturated carbocycles. The number of esters is 1. The molecule has 2 N–H and O–H groups in total. The van der Waals surface area contributed by atoms with Crippen molar-refractivity contribution in [2.75, 3.05) is 13.2 Å². The maximum atomic E-state index is 10.9. The van der Waals surface area contributed by atoms with Gasteiger partial charge in [0.2, 0.25) is 5.91 Å². The number of amides is 1. The van der Waals surface area contributed by atoms with Crippen LogP contribution in [-0.2, 0) is 14.3 Å². The van der Waals surface area contributed by atoms with Gasteiger partial charge in [0.05, 0.1) is 13.0 Å². The van der Waals surface area contributed by atoms with Crippen LogP contribution in [0.3, 0.4) is 0 Å². The predicted octanol–water partition coefficient (Wildman–Crippen LogP) is 0.0955. The van der Waals surface area contributed by atoms with Crippen molar-refractivity contribution in [3.8, 4) is 0 Å². The van der Waals surface area contributed by atoms with E-state index in [0.717, 1.165) is 0 Å². The molecule has 0 rings (SSSR count). The molecule has 0 aromatic rings. The fraction of sp³-hybridized carbons (Fsp3) is 0.625. The summed E-state index contributed by atoms with van der Waals surface area (Å²) in [5, 5.41) is 9.66. The Morgan fingerprint density at radius 3 is 2.46 bits per heavy atom. The van der Waals surface area contributed by atoms with Crippen molar-refractivity contribution in [1.29, 1.82) is 5.41 Å². The molecule has 0 bridgehead atoms. The lowest BCUT2D eigenvalue weighted by atomic mass is 10.2. The molecule has 0 spiro atoms. The smallest absolute Gasteiger partial charge is 0.352 e. The van der Waals surface area contributed by atoms with Crippen LogP contribution < -0.4 is 5.32 Å². The zero-order valence-electron chi connectivity index (χ0n) is 7.85. The molecule has 74 valence electrons. The first-order chi connectivity index (χ1) is 6.11. The molecule has 0 aromatic heterocycles. The molecule has 1 amide bonds. The van der Waals surface area contributed by atoms with E-state index in [0.29, 0.717) is 6.54 Å². The van der Waals surface area contributed by atoms with Crippen LogP contribution in [0.4, 0.5) is 0 Å². The van der Waals surface area contributed by atoms with E-state index >= 15 is 0 Å². The minimum Gasteiger partial charge on any atom is -0.462 e. The van der Waals surface area contributed by atoms with E-state index < -0.39 is 5.97 Å². The van der Waals surface area contributed by atoms with Gasteiger partial charge in [0.25, 0.3) is 0 Å². The van der Waals surface area contributed by atoms with Crippen molar-refractivity contribution in [2.24, 2.45) is 0 Å². The summed E-state index contributed by atoms with van der Waals surface area (Å²) in [5.41, 5.74) is -0.312. The summed E-state index contributed by atoms with van der Waals surface area (Å²) in [6, 6.07) is 0. The molecule has 0 saturated heterocycles. The van der Waals surface area contributed by atoms with E-state index in [1.165, 1.54) is 0 Å². The van der Waals surface area contributed by atoms with E-state index in [4.69, 9.17) is 5.41 Å². The van der Waals surface area contributed by atoms with E-state index in [9.17, 15) is 9.59 Å². The average Bonchev–Trinajstić information content (AvgIpc) is 2.05. The highest BCUT2D eigenvalue weighted by molar-refractivity contribution is 6.38. The lowest BCUT2D eigenvalue weighted by Gasteiger charge is -2.03. The average molecular weight is 186 g/mol. The van der Waals surface area contributed by atoms with Crippen molar-refractivity contribution >= 4 is 17.6 Å². The predicted molar refractivity (Wildman–Crippen MR) is 47.7 cm³/mol. The van der Waals surface area contributed by atoms with Crippen molar-refractivity contribution in [3.05, 3.63) is 0 Å². The molecule has 0 radical (unpaired) electrons. The molecular weight excluding hydrogens is 172 g/mol. The second-order valence-electron chi connectivity index (χ2n) is 2.33. The molecule has 0 aliphatic heterocycles. The Morgan fingerprint density at radius 1 is 1.38 bits per heavy atom. The summed E-state index contributed by atoms with van der Waals surface area (Å²) >= 11 is 0. The lowest BCUT2D eigenvalue weighted by molar-refractivity contribution is -0.135. The topological polar surface area (TPSA) is 79.3 Å². The largest absolute Gasteiger partial charge is 0.462 e. The van der Waals surface area contributed by atoms with Crippen LogP contribution >= 0.6 is 0 Å². The molecule has 0 fully saturated rings. The highest BCUT2D eigenvalue weighted by Crippen LogP contribution is 1.88. The third-order valence-electron chi connectivity index (χ3n) is 1.23. The van der Waals surface area contributed by atoms with Gasteiger partial charge >= 0.3 is 5.97 Å². The van der Waals surface area contributed by atoms with E-state index in [-0.39, 0.29) is 24.6 Å². The number of hydrogen-bond acceptors (Lipinski definition) is 4. The second-order valence-corrected chi connectivity index (χ2v) is 2.33. The van der Waals surface area contributed by atoms with Crippen LogP contribution in [0.5, 0.6) is 0 Å². The zero-order chi connectivity index (χ0) is 10.3. The first-order valence-electron chi connectivity index (χ1n) is 4.13. The third kappa shape index (κ3) is 4.95. The van der Waals surface area contributed by atoms with Gasteiger partial charge in [-0.3, -0.25) is 10.2 Å². The molecule has 0 heterocycles. The minimum absolute atomic E-state index is 0.216. The maximum Gasteiger partial charge on any atom is 0.352 e. The number of rotatable bonds is 5. The van der Waals surface area contributed by atoms with Crippen molar-refractivity contribution in [1.82, 2.24) is 5.32 Å².